The van der Waals surface area contributed by atoms with Crippen LogP contribution >= 0.6 is 0 Å². The number of likely N-dealkylation sites (N-methyl/N-ethyl adjacent to an activating group) is 1. The maximum atomic E-state index is 12.9. The van der Waals surface area contributed by atoms with Gasteiger partial charge in [-0.05, 0) is 93.1 Å². The molecular weight excluding hydrogens is 388 g/mol. The number of carbonyl (C=O) groups excluding carboxylic acids is 1. The number of nitrogens with zero attached hydrogens (tertiary/aromatic N) is 2. The first-order valence-electron chi connectivity index (χ1n) is 10.9. The molecule has 7 nitrogen and oxygen atoms in total. The van der Waals surface area contributed by atoms with Gasteiger partial charge >= 0.3 is 16.2 Å². The van der Waals surface area contributed by atoms with E-state index in [1.807, 2.05) is 0 Å². The molecule has 2 aliphatic carbocycles. The minimum Gasteiger partial charge on any atom is -0.307 e. The molecule has 0 bridgehead atoms. The fourth-order valence-electron chi connectivity index (χ4n) is 5.85. The number of anilines is 1. The molecule has 29 heavy (non-hydrogen) atoms. The van der Waals surface area contributed by atoms with Crippen LogP contribution < -0.4 is 10.0 Å². The lowest BCUT2D eigenvalue weighted by Crippen LogP contribution is -2.46. The third-order valence-corrected chi connectivity index (χ3v) is 8.72. The Hall–Kier alpha value is -1.64. The smallest absolute Gasteiger partial charge is 0.307 e. The molecule has 2 amide bonds. The molecule has 2 heterocycles. The third kappa shape index (κ3) is 3.45. The molecule has 5 rings (SSSR count). The van der Waals surface area contributed by atoms with Crippen LogP contribution in [0.1, 0.15) is 47.9 Å². The first-order valence-corrected chi connectivity index (χ1v) is 12.3. The predicted octanol–water partition coefficient (Wildman–Crippen LogP) is 2.06. The number of fused-ring (bicyclic) bond motifs is 3. The molecule has 2 saturated heterocycles. The van der Waals surface area contributed by atoms with Gasteiger partial charge in [-0.15, -0.1) is 0 Å². The lowest BCUT2D eigenvalue weighted by Gasteiger charge is -2.33. The number of aryl methyl sites for hydroxylation is 2. The number of urea groups is 1. The Balaban J connectivity index is 1.32. The topological polar surface area (TPSA) is 81.8 Å². The highest BCUT2D eigenvalue weighted by Crippen LogP contribution is 2.38. The van der Waals surface area contributed by atoms with Crippen molar-refractivity contribution in [1.29, 1.82) is 0 Å². The summed E-state index contributed by atoms with van der Waals surface area (Å²) in [7, 11) is -1.79. The Morgan fingerprint density at radius 2 is 1.72 bits per heavy atom. The van der Waals surface area contributed by atoms with E-state index in [1.165, 1.54) is 26.6 Å². The summed E-state index contributed by atoms with van der Waals surface area (Å²) >= 11 is 0. The van der Waals surface area contributed by atoms with Crippen LogP contribution in [0.25, 0.3) is 0 Å². The van der Waals surface area contributed by atoms with E-state index in [1.54, 1.807) is 0 Å². The quantitative estimate of drug-likeness (QED) is 0.787. The molecule has 1 aromatic rings. The number of amides is 2. The van der Waals surface area contributed by atoms with E-state index >= 15 is 0 Å². The summed E-state index contributed by atoms with van der Waals surface area (Å²) in [6.07, 6.45) is 8.33. The normalized spacial score (nSPS) is 26.8. The zero-order chi connectivity index (χ0) is 20.2. The Kier molecular flexibility index (Phi) is 4.83. The molecule has 8 heteroatoms. The van der Waals surface area contributed by atoms with Crippen molar-refractivity contribution in [1.82, 2.24) is 13.9 Å². The van der Waals surface area contributed by atoms with Crippen molar-refractivity contribution < 1.29 is 13.2 Å². The number of hydrogen-bond acceptors (Lipinski definition) is 4. The van der Waals surface area contributed by atoms with Crippen LogP contribution in [-0.4, -0.2) is 56.4 Å². The van der Waals surface area contributed by atoms with Crippen LogP contribution in [0.5, 0.6) is 0 Å². The molecule has 2 N–H and O–H groups in total. The second kappa shape index (κ2) is 7.25. The molecule has 1 aromatic carbocycles. The van der Waals surface area contributed by atoms with Crippen molar-refractivity contribution in [3.8, 4) is 0 Å². The number of nitrogens with one attached hydrogen (secondary N) is 2. The minimum absolute atomic E-state index is 0.254. The van der Waals surface area contributed by atoms with E-state index in [9.17, 15) is 13.2 Å². The molecule has 0 spiro atoms. The van der Waals surface area contributed by atoms with Crippen molar-refractivity contribution in [2.75, 3.05) is 32.0 Å². The van der Waals surface area contributed by atoms with Crippen LogP contribution in [0.4, 0.5) is 10.5 Å². The van der Waals surface area contributed by atoms with E-state index in [2.05, 4.69) is 28.1 Å². The SMILES string of the molecule is CN1CCCC2CN(S(=O)(=O)NC(=O)Nc3c4c(cc5c3CCC5)CCC4)CC21. The average Bonchev–Trinajstić information content (AvgIpc) is 3.40. The number of carbonyl (C=O) groups is 1. The molecule has 2 fully saturated rings. The number of benzene rings is 1. The first-order chi connectivity index (χ1) is 13.9. The van der Waals surface area contributed by atoms with Gasteiger partial charge in [-0.3, -0.25) is 0 Å². The average molecular weight is 419 g/mol. The Morgan fingerprint density at radius 3 is 2.38 bits per heavy atom. The van der Waals surface area contributed by atoms with Gasteiger partial charge in [0.15, 0.2) is 0 Å². The van der Waals surface area contributed by atoms with Crippen molar-refractivity contribution >= 4 is 21.9 Å². The summed E-state index contributed by atoms with van der Waals surface area (Å²) < 4.78 is 29.5. The molecule has 2 atom stereocenters. The van der Waals surface area contributed by atoms with Gasteiger partial charge < -0.3 is 10.2 Å². The fourth-order valence-corrected chi connectivity index (χ4v) is 7.00. The zero-order valence-electron chi connectivity index (χ0n) is 17.0. The maximum absolute atomic E-state index is 12.9. The molecule has 158 valence electrons. The van der Waals surface area contributed by atoms with E-state index < -0.39 is 16.2 Å². The molecule has 2 unspecified atom stereocenters. The molecule has 0 radical (unpaired) electrons. The first kappa shape index (κ1) is 19.3. The van der Waals surface area contributed by atoms with Gasteiger partial charge in [-0.2, -0.15) is 12.7 Å². The third-order valence-electron chi connectivity index (χ3n) is 7.30. The summed E-state index contributed by atoms with van der Waals surface area (Å²) in [5.41, 5.74) is 5.90. The van der Waals surface area contributed by atoms with Crippen LogP contribution in [0, 0.1) is 5.92 Å². The Labute approximate surface area is 173 Å². The standard InChI is InChI=1S/C21H30N4O3S/c1-24-10-4-7-16-12-25(13-19(16)24)29(27,28)23-21(26)22-20-17-8-2-5-14(17)11-15-6-3-9-18(15)20/h11,16,19H,2-10,12-13H2,1H3,(H2,22,23,26). The van der Waals surface area contributed by atoms with Crippen molar-refractivity contribution in [2.24, 2.45) is 5.92 Å². The van der Waals surface area contributed by atoms with Crippen molar-refractivity contribution in [2.45, 2.75) is 57.4 Å². The van der Waals surface area contributed by atoms with Gasteiger partial charge in [0.1, 0.15) is 0 Å². The summed E-state index contributed by atoms with van der Waals surface area (Å²) in [6.45, 7) is 1.96. The summed E-state index contributed by atoms with van der Waals surface area (Å²) in [5.74, 6) is 0.356. The van der Waals surface area contributed by atoms with Crippen molar-refractivity contribution in [3.05, 3.63) is 28.3 Å². The maximum Gasteiger partial charge on any atom is 0.333 e. The van der Waals surface area contributed by atoms with Crippen LogP contribution in [0.15, 0.2) is 6.07 Å². The highest BCUT2D eigenvalue weighted by atomic mass is 32.2. The number of hydrogen-bond donors (Lipinski definition) is 2. The van der Waals surface area contributed by atoms with E-state index in [0.717, 1.165) is 63.6 Å². The van der Waals surface area contributed by atoms with Crippen molar-refractivity contribution in [3.63, 3.8) is 0 Å². The molecule has 0 saturated carbocycles. The molecular formula is C21H30N4O3S. The summed E-state index contributed by atoms with van der Waals surface area (Å²) in [4.78, 5) is 15.0. The summed E-state index contributed by atoms with van der Waals surface area (Å²) in [6, 6.07) is 1.92. The van der Waals surface area contributed by atoms with Gasteiger partial charge in [0.2, 0.25) is 0 Å². The lowest BCUT2D eigenvalue weighted by molar-refractivity contribution is 0.157. The Morgan fingerprint density at radius 1 is 1.03 bits per heavy atom. The highest BCUT2D eigenvalue weighted by Gasteiger charge is 2.42. The highest BCUT2D eigenvalue weighted by molar-refractivity contribution is 7.87. The largest absolute Gasteiger partial charge is 0.333 e. The van der Waals surface area contributed by atoms with Gasteiger partial charge in [-0.1, -0.05) is 6.07 Å². The second-order valence-electron chi connectivity index (χ2n) is 9.06. The van der Waals surface area contributed by atoms with Crippen LogP contribution in [-0.2, 0) is 35.9 Å². The molecule has 0 aromatic heterocycles. The second-order valence-corrected chi connectivity index (χ2v) is 10.7. The monoisotopic (exact) mass is 418 g/mol. The van der Waals surface area contributed by atoms with Crippen LogP contribution in [0.3, 0.4) is 0 Å². The van der Waals surface area contributed by atoms with Gasteiger partial charge in [-0.25, -0.2) is 9.52 Å². The van der Waals surface area contributed by atoms with Crippen LogP contribution in [0.2, 0.25) is 0 Å². The van der Waals surface area contributed by atoms with Gasteiger partial charge in [0.05, 0.1) is 0 Å². The van der Waals surface area contributed by atoms with Gasteiger partial charge in [0.25, 0.3) is 0 Å². The van der Waals surface area contributed by atoms with E-state index in [4.69, 9.17) is 0 Å². The molecule has 2 aliphatic heterocycles. The number of likely N-dealkylation sites (tertiary alicyclic amines) is 1. The van der Waals surface area contributed by atoms with E-state index in [0.29, 0.717) is 19.0 Å². The molecule has 4 aliphatic rings. The predicted molar refractivity (Wildman–Crippen MR) is 112 cm³/mol. The Bertz CT molecular complexity index is 913. The van der Waals surface area contributed by atoms with Gasteiger partial charge in [0, 0.05) is 24.8 Å². The number of piperidine rings is 1. The lowest BCUT2D eigenvalue weighted by atomic mass is 9.93. The summed E-state index contributed by atoms with van der Waals surface area (Å²) in [5, 5.41) is 2.93. The fraction of sp³-hybridized carbons (Fsp3) is 0.667. The zero-order valence-corrected chi connectivity index (χ0v) is 17.9. The minimum atomic E-state index is -3.84. The van der Waals surface area contributed by atoms with E-state index in [-0.39, 0.29) is 6.04 Å². The number of rotatable bonds is 3.